The smallest absolute Gasteiger partial charge is 0.241 e. The summed E-state index contributed by atoms with van der Waals surface area (Å²) in [5.74, 6) is -1.04. The van der Waals surface area contributed by atoms with Crippen molar-refractivity contribution >= 4 is 21.6 Å². The second-order valence-electron chi connectivity index (χ2n) is 4.52. The largest absolute Gasteiger partial charge is 0.325 e. The molecule has 0 saturated carbocycles. The molecule has 6 nitrogen and oxygen atoms in total. The number of nitriles is 1. The molecule has 118 valence electrons. The van der Waals surface area contributed by atoms with Crippen LogP contribution in [0.4, 0.5) is 10.1 Å². The van der Waals surface area contributed by atoms with Crippen molar-refractivity contribution < 1.29 is 17.6 Å². The monoisotopic (exact) mass is 333 g/mol. The minimum Gasteiger partial charge on any atom is -0.325 e. The van der Waals surface area contributed by atoms with Gasteiger partial charge in [-0.25, -0.2) is 17.5 Å². The third-order valence-electron chi connectivity index (χ3n) is 2.82. The number of nitrogens with one attached hydrogen (secondary N) is 2. The van der Waals surface area contributed by atoms with Crippen LogP contribution >= 0.6 is 0 Å². The fourth-order valence-electron chi connectivity index (χ4n) is 1.72. The normalized spacial score (nSPS) is 10.8. The number of carbonyl (C=O) groups excluding carboxylic acids is 1. The summed E-state index contributed by atoms with van der Waals surface area (Å²) in [5, 5.41) is 11.2. The van der Waals surface area contributed by atoms with E-state index in [2.05, 4.69) is 10.0 Å². The Morgan fingerprint density at radius 1 is 1.17 bits per heavy atom. The van der Waals surface area contributed by atoms with Gasteiger partial charge in [0.05, 0.1) is 23.1 Å². The molecule has 0 aliphatic heterocycles. The fraction of sp³-hybridized carbons (Fsp3) is 0.0667. The van der Waals surface area contributed by atoms with Crippen molar-refractivity contribution in [3.63, 3.8) is 0 Å². The van der Waals surface area contributed by atoms with E-state index in [9.17, 15) is 17.6 Å². The van der Waals surface area contributed by atoms with Crippen LogP contribution in [0.1, 0.15) is 5.56 Å². The Labute approximate surface area is 132 Å². The van der Waals surface area contributed by atoms with Gasteiger partial charge in [0.2, 0.25) is 15.9 Å². The van der Waals surface area contributed by atoms with Gasteiger partial charge in [0, 0.05) is 5.69 Å². The van der Waals surface area contributed by atoms with Crippen molar-refractivity contribution in [1.29, 1.82) is 5.26 Å². The van der Waals surface area contributed by atoms with Crippen molar-refractivity contribution in [2.24, 2.45) is 0 Å². The lowest BCUT2D eigenvalue weighted by molar-refractivity contribution is -0.115. The molecule has 0 spiro atoms. The second kappa shape index (κ2) is 7.00. The lowest BCUT2D eigenvalue weighted by Gasteiger charge is -2.08. The van der Waals surface area contributed by atoms with Crippen LogP contribution in [0.25, 0.3) is 0 Å². The first kappa shape index (κ1) is 16.6. The van der Waals surface area contributed by atoms with E-state index in [4.69, 9.17) is 5.26 Å². The van der Waals surface area contributed by atoms with Crippen LogP contribution in [-0.4, -0.2) is 20.9 Å². The molecule has 23 heavy (non-hydrogen) atoms. The number of anilines is 1. The molecule has 0 bridgehead atoms. The standard InChI is InChI=1S/C15H12FN3O3S/c16-12-4-6-13(7-5-12)19-15(20)10-18-23(21,22)14-3-1-2-11(8-14)9-17/h1-8,18H,10H2,(H,19,20). The van der Waals surface area contributed by atoms with E-state index in [-0.39, 0.29) is 10.5 Å². The maximum absolute atomic E-state index is 12.8. The Balaban J connectivity index is 2.00. The third kappa shape index (κ3) is 4.60. The second-order valence-corrected chi connectivity index (χ2v) is 6.29. The number of hydrogen-bond acceptors (Lipinski definition) is 4. The van der Waals surface area contributed by atoms with Crippen molar-refractivity contribution in [3.8, 4) is 6.07 Å². The lowest BCUT2D eigenvalue weighted by atomic mass is 10.2. The van der Waals surface area contributed by atoms with E-state index < -0.39 is 28.3 Å². The quantitative estimate of drug-likeness (QED) is 0.868. The molecule has 0 heterocycles. The SMILES string of the molecule is N#Cc1cccc(S(=O)(=O)NCC(=O)Nc2ccc(F)cc2)c1. The van der Waals surface area contributed by atoms with Crippen LogP contribution in [0, 0.1) is 17.1 Å². The first-order valence-corrected chi connectivity index (χ1v) is 7.94. The number of carbonyl (C=O) groups is 1. The summed E-state index contributed by atoms with van der Waals surface area (Å²) in [7, 11) is -3.91. The zero-order valence-corrected chi connectivity index (χ0v) is 12.6. The zero-order valence-electron chi connectivity index (χ0n) is 11.8. The fourth-order valence-corrected chi connectivity index (χ4v) is 2.74. The summed E-state index contributed by atoms with van der Waals surface area (Å²) in [6.07, 6.45) is 0. The van der Waals surface area contributed by atoms with Gasteiger partial charge in [-0.05, 0) is 42.5 Å². The van der Waals surface area contributed by atoms with Crippen LogP contribution in [0.3, 0.4) is 0 Å². The van der Waals surface area contributed by atoms with Crippen molar-refractivity contribution in [1.82, 2.24) is 4.72 Å². The lowest BCUT2D eigenvalue weighted by Crippen LogP contribution is -2.32. The molecule has 0 radical (unpaired) electrons. The maximum atomic E-state index is 12.8. The number of sulfonamides is 1. The van der Waals surface area contributed by atoms with Gasteiger partial charge < -0.3 is 5.32 Å². The van der Waals surface area contributed by atoms with E-state index in [0.717, 1.165) is 0 Å². The Morgan fingerprint density at radius 3 is 2.52 bits per heavy atom. The highest BCUT2D eigenvalue weighted by molar-refractivity contribution is 7.89. The zero-order chi connectivity index (χ0) is 16.9. The van der Waals surface area contributed by atoms with Gasteiger partial charge in [-0.1, -0.05) is 6.07 Å². The van der Waals surface area contributed by atoms with Crippen LogP contribution in [-0.2, 0) is 14.8 Å². The predicted octanol–water partition coefficient (Wildman–Crippen LogP) is 1.61. The van der Waals surface area contributed by atoms with Crippen LogP contribution in [0.5, 0.6) is 0 Å². The van der Waals surface area contributed by atoms with E-state index in [1.165, 1.54) is 48.5 Å². The van der Waals surface area contributed by atoms with Gasteiger partial charge in [0.25, 0.3) is 0 Å². The Kier molecular flexibility index (Phi) is 5.05. The Hall–Kier alpha value is -2.76. The predicted molar refractivity (Wildman–Crippen MR) is 81.4 cm³/mol. The van der Waals surface area contributed by atoms with Gasteiger partial charge in [-0.15, -0.1) is 0 Å². The number of nitrogens with zero attached hydrogens (tertiary/aromatic N) is 1. The molecular weight excluding hydrogens is 321 g/mol. The van der Waals surface area contributed by atoms with E-state index >= 15 is 0 Å². The van der Waals surface area contributed by atoms with Gasteiger partial charge in [-0.2, -0.15) is 5.26 Å². The first-order chi connectivity index (χ1) is 10.9. The number of rotatable bonds is 5. The Bertz CT molecular complexity index is 858. The first-order valence-electron chi connectivity index (χ1n) is 6.46. The van der Waals surface area contributed by atoms with Gasteiger partial charge in [0.15, 0.2) is 0 Å². The maximum Gasteiger partial charge on any atom is 0.241 e. The van der Waals surface area contributed by atoms with Gasteiger partial charge in [-0.3, -0.25) is 4.79 Å². The van der Waals surface area contributed by atoms with Crippen LogP contribution < -0.4 is 10.0 Å². The highest BCUT2D eigenvalue weighted by atomic mass is 32.2. The molecule has 1 amide bonds. The molecule has 0 aliphatic carbocycles. The number of hydrogen-bond donors (Lipinski definition) is 2. The van der Waals surface area contributed by atoms with Crippen LogP contribution in [0.15, 0.2) is 53.4 Å². The third-order valence-corrected chi connectivity index (χ3v) is 4.22. The average Bonchev–Trinajstić information content (AvgIpc) is 2.55. The molecule has 2 rings (SSSR count). The highest BCUT2D eigenvalue weighted by Crippen LogP contribution is 2.11. The van der Waals surface area contributed by atoms with E-state index in [1.54, 1.807) is 0 Å². The van der Waals surface area contributed by atoms with Gasteiger partial charge in [0.1, 0.15) is 5.82 Å². The molecule has 8 heteroatoms. The molecule has 0 atom stereocenters. The number of halogens is 1. The molecule has 0 aliphatic rings. The van der Waals surface area contributed by atoms with Crippen molar-refractivity contribution in [3.05, 3.63) is 59.9 Å². The molecule has 0 unspecified atom stereocenters. The number of benzene rings is 2. The topological polar surface area (TPSA) is 99.1 Å². The summed E-state index contributed by atoms with van der Waals surface area (Å²) < 4.78 is 39.0. The summed E-state index contributed by atoms with van der Waals surface area (Å²) >= 11 is 0. The molecule has 2 aromatic carbocycles. The summed E-state index contributed by atoms with van der Waals surface area (Å²) in [4.78, 5) is 11.6. The molecular formula is C15H12FN3O3S. The number of amides is 1. The van der Waals surface area contributed by atoms with E-state index in [0.29, 0.717) is 5.69 Å². The molecule has 2 aromatic rings. The molecule has 2 N–H and O–H groups in total. The summed E-state index contributed by atoms with van der Waals surface area (Å²) in [6.45, 7) is -0.490. The van der Waals surface area contributed by atoms with Crippen LogP contribution in [0.2, 0.25) is 0 Å². The summed E-state index contributed by atoms with van der Waals surface area (Å²) in [5.41, 5.74) is 0.547. The van der Waals surface area contributed by atoms with Crippen molar-refractivity contribution in [2.45, 2.75) is 4.90 Å². The molecule has 0 fully saturated rings. The van der Waals surface area contributed by atoms with Crippen molar-refractivity contribution in [2.75, 3.05) is 11.9 Å². The minimum atomic E-state index is -3.91. The Morgan fingerprint density at radius 2 is 1.87 bits per heavy atom. The molecule has 0 saturated heterocycles. The van der Waals surface area contributed by atoms with Gasteiger partial charge >= 0.3 is 0 Å². The average molecular weight is 333 g/mol. The molecule has 0 aromatic heterocycles. The summed E-state index contributed by atoms with van der Waals surface area (Å²) in [6, 6.07) is 12.3. The van der Waals surface area contributed by atoms with E-state index in [1.807, 2.05) is 6.07 Å². The minimum absolute atomic E-state index is 0.105. The highest BCUT2D eigenvalue weighted by Gasteiger charge is 2.16.